The lowest BCUT2D eigenvalue weighted by Crippen LogP contribution is -2.46. The first-order valence-corrected chi connectivity index (χ1v) is 11.3. The Morgan fingerprint density at radius 2 is 1.93 bits per heavy atom. The molecule has 0 radical (unpaired) electrons. The van der Waals surface area contributed by atoms with Crippen LogP contribution in [0, 0.1) is 5.92 Å². The number of guanidine groups is 1. The highest BCUT2D eigenvalue weighted by molar-refractivity contribution is 5.79. The van der Waals surface area contributed by atoms with Crippen LogP contribution in [0.5, 0.6) is 0 Å². The topological polar surface area (TPSA) is 43.3 Å². The molecule has 2 aliphatic rings. The number of piperazine rings is 1. The third-order valence-corrected chi connectivity index (χ3v) is 5.86. The Morgan fingerprint density at radius 1 is 1.17 bits per heavy atom. The van der Waals surface area contributed by atoms with Gasteiger partial charge >= 0.3 is 0 Å². The van der Waals surface area contributed by atoms with Crippen LogP contribution in [0.3, 0.4) is 0 Å². The van der Waals surface area contributed by atoms with Crippen molar-refractivity contribution in [2.24, 2.45) is 10.9 Å². The molecule has 1 aromatic rings. The van der Waals surface area contributed by atoms with Gasteiger partial charge in [0, 0.05) is 78.5 Å². The average Bonchev–Trinajstić information content (AvgIpc) is 3.25. The van der Waals surface area contributed by atoms with Gasteiger partial charge in [-0.1, -0.05) is 30.3 Å². The molecule has 29 heavy (non-hydrogen) atoms. The van der Waals surface area contributed by atoms with Crippen molar-refractivity contribution in [3.8, 4) is 0 Å². The molecule has 2 saturated heterocycles. The van der Waals surface area contributed by atoms with Crippen LogP contribution >= 0.6 is 0 Å². The van der Waals surface area contributed by atoms with Gasteiger partial charge < -0.3 is 19.9 Å². The summed E-state index contributed by atoms with van der Waals surface area (Å²) in [6.07, 6.45) is 2.29. The summed E-state index contributed by atoms with van der Waals surface area (Å²) < 4.78 is 5.51. The van der Waals surface area contributed by atoms with Crippen molar-refractivity contribution in [2.75, 3.05) is 72.6 Å². The monoisotopic (exact) mass is 401 g/mol. The first kappa shape index (κ1) is 22.1. The highest BCUT2D eigenvalue weighted by atomic mass is 16.5. The van der Waals surface area contributed by atoms with Crippen LogP contribution in [0.4, 0.5) is 0 Å². The number of rotatable bonds is 9. The van der Waals surface area contributed by atoms with Crippen molar-refractivity contribution in [1.29, 1.82) is 0 Å². The van der Waals surface area contributed by atoms with Gasteiger partial charge in [0.15, 0.2) is 5.96 Å². The first-order valence-electron chi connectivity index (χ1n) is 11.3. The third kappa shape index (κ3) is 7.61. The van der Waals surface area contributed by atoms with Crippen LogP contribution in [0.25, 0.3) is 0 Å². The quantitative estimate of drug-likeness (QED) is 0.390. The van der Waals surface area contributed by atoms with Gasteiger partial charge in [0.05, 0.1) is 6.61 Å². The zero-order valence-electron chi connectivity index (χ0n) is 18.4. The Kier molecular flexibility index (Phi) is 9.25. The van der Waals surface area contributed by atoms with Crippen molar-refractivity contribution in [3.63, 3.8) is 0 Å². The zero-order chi connectivity index (χ0) is 20.3. The summed E-state index contributed by atoms with van der Waals surface area (Å²) in [6.45, 7) is 13.6. The second kappa shape index (κ2) is 12.2. The Labute approximate surface area is 176 Å². The number of hydrogen-bond donors (Lipinski definition) is 1. The number of ether oxygens (including phenoxy) is 1. The van der Waals surface area contributed by atoms with E-state index in [0.717, 1.165) is 84.5 Å². The molecule has 0 spiro atoms. The first-order chi connectivity index (χ1) is 14.2. The van der Waals surface area contributed by atoms with Crippen LogP contribution in [-0.2, 0) is 11.3 Å². The fraction of sp³-hybridized carbons (Fsp3) is 0.696. The predicted molar refractivity (Wildman–Crippen MR) is 120 cm³/mol. The van der Waals surface area contributed by atoms with Crippen LogP contribution in [0.15, 0.2) is 35.3 Å². The van der Waals surface area contributed by atoms with E-state index < -0.39 is 0 Å². The standard InChI is InChI=1S/C23H39N5O/c1-3-24-23(26(2)18-22-10-17-29-20-22)25-11-7-12-27-13-15-28(16-14-27)19-21-8-5-4-6-9-21/h4-6,8-9,22H,3,7,10-20H2,1-2H3,(H,24,25). The normalized spacial score (nSPS) is 21.4. The second-order valence-electron chi connectivity index (χ2n) is 8.30. The summed E-state index contributed by atoms with van der Waals surface area (Å²) in [5.74, 6) is 1.67. The van der Waals surface area contributed by atoms with Gasteiger partial charge in [-0.25, -0.2) is 0 Å². The summed E-state index contributed by atoms with van der Waals surface area (Å²) in [7, 11) is 2.14. The molecular formula is C23H39N5O. The molecule has 1 unspecified atom stereocenters. The highest BCUT2D eigenvalue weighted by Gasteiger charge is 2.19. The molecule has 2 heterocycles. The molecule has 0 amide bonds. The number of aliphatic imine (C=N–C) groups is 1. The van der Waals surface area contributed by atoms with E-state index in [1.807, 2.05) is 0 Å². The number of benzene rings is 1. The lowest BCUT2D eigenvalue weighted by Gasteiger charge is -2.34. The largest absolute Gasteiger partial charge is 0.381 e. The van der Waals surface area contributed by atoms with E-state index in [-0.39, 0.29) is 0 Å². The molecule has 6 heteroatoms. The minimum atomic E-state index is 0.635. The Morgan fingerprint density at radius 3 is 2.62 bits per heavy atom. The highest BCUT2D eigenvalue weighted by Crippen LogP contribution is 2.13. The van der Waals surface area contributed by atoms with E-state index in [9.17, 15) is 0 Å². The molecule has 2 fully saturated rings. The van der Waals surface area contributed by atoms with Gasteiger partial charge in [-0.2, -0.15) is 0 Å². The van der Waals surface area contributed by atoms with Gasteiger partial charge in [0.1, 0.15) is 0 Å². The maximum atomic E-state index is 5.51. The number of nitrogens with zero attached hydrogens (tertiary/aromatic N) is 4. The molecule has 0 aromatic heterocycles. The minimum absolute atomic E-state index is 0.635. The molecule has 0 bridgehead atoms. The lowest BCUT2D eigenvalue weighted by molar-refractivity contribution is 0.127. The summed E-state index contributed by atoms with van der Waals surface area (Å²) in [6, 6.07) is 10.8. The van der Waals surface area contributed by atoms with E-state index in [2.05, 4.69) is 64.3 Å². The van der Waals surface area contributed by atoms with Gasteiger partial charge in [-0.3, -0.25) is 9.89 Å². The SMILES string of the molecule is CCNC(=NCCCN1CCN(Cc2ccccc2)CC1)N(C)CC1CCOC1. The van der Waals surface area contributed by atoms with Gasteiger partial charge in [0.25, 0.3) is 0 Å². The molecule has 162 valence electrons. The molecule has 1 atom stereocenters. The maximum absolute atomic E-state index is 5.51. The molecule has 3 rings (SSSR count). The third-order valence-electron chi connectivity index (χ3n) is 5.86. The molecule has 2 aliphatic heterocycles. The van der Waals surface area contributed by atoms with Gasteiger partial charge in [-0.15, -0.1) is 0 Å². The van der Waals surface area contributed by atoms with Crippen LogP contribution in [0.2, 0.25) is 0 Å². The summed E-state index contributed by atoms with van der Waals surface area (Å²) in [5, 5.41) is 3.44. The van der Waals surface area contributed by atoms with Gasteiger partial charge in [-0.05, 0) is 25.3 Å². The maximum Gasteiger partial charge on any atom is 0.193 e. The molecule has 0 aliphatic carbocycles. The van der Waals surface area contributed by atoms with E-state index in [1.54, 1.807) is 0 Å². The Bertz CT molecular complexity index is 595. The van der Waals surface area contributed by atoms with Crippen molar-refractivity contribution in [1.82, 2.24) is 20.0 Å². The van der Waals surface area contributed by atoms with Crippen molar-refractivity contribution in [2.45, 2.75) is 26.3 Å². The molecular weight excluding hydrogens is 362 g/mol. The number of hydrogen-bond acceptors (Lipinski definition) is 4. The van der Waals surface area contributed by atoms with Crippen molar-refractivity contribution >= 4 is 5.96 Å². The fourth-order valence-corrected chi connectivity index (χ4v) is 4.16. The molecule has 0 saturated carbocycles. The average molecular weight is 402 g/mol. The molecule has 6 nitrogen and oxygen atoms in total. The van der Waals surface area contributed by atoms with E-state index in [1.165, 1.54) is 12.0 Å². The van der Waals surface area contributed by atoms with E-state index in [4.69, 9.17) is 9.73 Å². The molecule has 1 N–H and O–H groups in total. The zero-order valence-corrected chi connectivity index (χ0v) is 18.4. The number of nitrogens with one attached hydrogen (secondary N) is 1. The van der Waals surface area contributed by atoms with Crippen molar-refractivity contribution < 1.29 is 4.74 Å². The van der Waals surface area contributed by atoms with Crippen LogP contribution in [0.1, 0.15) is 25.3 Å². The Balaban J connectivity index is 1.34. The Hall–Kier alpha value is -1.63. The smallest absolute Gasteiger partial charge is 0.193 e. The molecule has 1 aromatic carbocycles. The van der Waals surface area contributed by atoms with Crippen LogP contribution in [-0.4, -0.2) is 93.3 Å². The predicted octanol–water partition coefficient (Wildman–Crippen LogP) is 2.13. The minimum Gasteiger partial charge on any atom is -0.381 e. The van der Waals surface area contributed by atoms with E-state index in [0.29, 0.717) is 5.92 Å². The van der Waals surface area contributed by atoms with E-state index >= 15 is 0 Å². The summed E-state index contributed by atoms with van der Waals surface area (Å²) in [5.41, 5.74) is 1.42. The van der Waals surface area contributed by atoms with Crippen molar-refractivity contribution in [3.05, 3.63) is 35.9 Å². The van der Waals surface area contributed by atoms with Gasteiger partial charge in [0.2, 0.25) is 0 Å². The summed E-state index contributed by atoms with van der Waals surface area (Å²) >= 11 is 0. The fourth-order valence-electron chi connectivity index (χ4n) is 4.16. The van der Waals surface area contributed by atoms with Crippen LogP contribution < -0.4 is 5.32 Å². The lowest BCUT2D eigenvalue weighted by atomic mass is 10.1. The summed E-state index contributed by atoms with van der Waals surface area (Å²) in [4.78, 5) is 12.3. The second-order valence-corrected chi connectivity index (χ2v) is 8.30.